The first-order valence-electron chi connectivity index (χ1n) is 5.10. The van der Waals surface area contributed by atoms with Gasteiger partial charge in [0, 0.05) is 6.54 Å². The Bertz CT molecular complexity index is 152. The average Bonchev–Trinajstić information content (AvgIpc) is 2.04. The number of aliphatic hydroxyl groups is 1. The largest absolute Gasteiger partial charge is 0.390 e. The van der Waals surface area contributed by atoms with E-state index in [1.54, 1.807) is 0 Å². The van der Waals surface area contributed by atoms with Crippen LogP contribution in [0.15, 0.2) is 0 Å². The minimum Gasteiger partial charge on any atom is -0.390 e. The smallest absolute Gasteiger partial charge is 0.126 e. The number of alkyl halides is 1. The summed E-state index contributed by atoms with van der Waals surface area (Å²) in [7, 11) is 2.07. The predicted molar refractivity (Wildman–Crippen MR) is 51.4 cm³/mol. The molecular formula is C10H20FNO. The molecule has 1 N–H and O–H groups in total. The van der Waals surface area contributed by atoms with Crippen LogP contribution >= 0.6 is 0 Å². The maximum absolute atomic E-state index is 13.2. The quantitative estimate of drug-likeness (QED) is 0.726. The van der Waals surface area contributed by atoms with Crippen LogP contribution in [0.2, 0.25) is 0 Å². The van der Waals surface area contributed by atoms with E-state index in [0.29, 0.717) is 12.3 Å². The number of likely N-dealkylation sites (tertiary alicyclic amines) is 1. The van der Waals surface area contributed by atoms with Crippen molar-refractivity contribution in [1.82, 2.24) is 4.90 Å². The number of hydrogen-bond donors (Lipinski definition) is 1. The van der Waals surface area contributed by atoms with E-state index in [1.807, 2.05) is 0 Å². The number of hydrogen-bond acceptors (Lipinski definition) is 2. The Hall–Kier alpha value is -0.150. The Balaban J connectivity index is 2.27. The first kappa shape index (κ1) is 10.9. The second kappa shape index (κ2) is 4.91. The monoisotopic (exact) mass is 189 g/mol. The molecule has 1 heterocycles. The molecule has 0 aromatic heterocycles. The maximum atomic E-state index is 13.2. The summed E-state index contributed by atoms with van der Waals surface area (Å²) in [5, 5.41) is 9.03. The molecule has 0 bridgehead atoms. The highest BCUT2D eigenvalue weighted by Crippen LogP contribution is 2.22. The van der Waals surface area contributed by atoms with Crippen LogP contribution in [0, 0.1) is 5.92 Å². The molecule has 0 aliphatic carbocycles. The molecule has 0 spiro atoms. The Morgan fingerprint density at radius 2 is 2.31 bits per heavy atom. The van der Waals surface area contributed by atoms with Crippen LogP contribution in [0.25, 0.3) is 0 Å². The molecule has 3 unspecified atom stereocenters. The van der Waals surface area contributed by atoms with Gasteiger partial charge in [-0.05, 0) is 45.7 Å². The lowest BCUT2D eigenvalue weighted by atomic mass is 9.92. The molecule has 0 aromatic carbocycles. The van der Waals surface area contributed by atoms with Gasteiger partial charge in [0.2, 0.25) is 0 Å². The van der Waals surface area contributed by atoms with E-state index in [9.17, 15) is 4.39 Å². The molecule has 1 rings (SSSR count). The number of nitrogens with zero attached hydrogens (tertiary/aromatic N) is 1. The van der Waals surface area contributed by atoms with E-state index in [4.69, 9.17) is 5.11 Å². The lowest BCUT2D eigenvalue weighted by molar-refractivity contribution is 0.0643. The number of piperidine rings is 1. The summed E-state index contributed by atoms with van der Waals surface area (Å²) < 4.78 is 13.2. The van der Waals surface area contributed by atoms with Gasteiger partial charge in [0.25, 0.3) is 0 Å². The van der Waals surface area contributed by atoms with Crippen LogP contribution in [0.4, 0.5) is 4.39 Å². The van der Waals surface area contributed by atoms with Gasteiger partial charge in [-0.1, -0.05) is 0 Å². The van der Waals surface area contributed by atoms with Gasteiger partial charge < -0.3 is 10.0 Å². The van der Waals surface area contributed by atoms with Crippen LogP contribution in [0.1, 0.15) is 26.2 Å². The van der Waals surface area contributed by atoms with Gasteiger partial charge in [-0.25, -0.2) is 4.39 Å². The zero-order chi connectivity index (χ0) is 9.84. The second-order valence-electron chi connectivity index (χ2n) is 4.26. The predicted octanol–water partition coefficient (Wildman–Crippen LogP) is 1.44. The van der Waals surface area contributed by atoms with Crippen molar-refractivity contribution in [3.63, 3.8) is 0 Å². The molecular weight excluding hydrogens is 169 g/mol. The normalized spacial score (nSPS) is 30.0. The van der Waals surface area contributed by atoms with Gasteiger partial charge in [-0.15, -0.1) is 0 Å². The molecule has 0 aromatic rings. The van der Waals surface area contributed by atoms with E-state index in [0.717, 1.165) is 25.9 Å². The third-order valence-electron chi connectivity index (χ3n) is 2.80. The third-order valence-corrected chi connectivity index (χ3v) is 2.80. The van der Waals surface area contributed by atoms with Crippen molar-refractivity contribution in [2.24, 2.45) is 5.92 Å². The third kappa shape index (κ3) is 3.61. The molecule has 1 saturated heterocycles. The molecule has 0 amide bonds. The van der Waals surface area contributed by atoms with Crippen LogP contribution in [-0.4, -0.2) is 42.4 Å². The van der Waals surface area contributed by atoms with Crippen molar-refractivity contribution in [3.05, 3.63) is 0 Å². The van der Waals surface area contributed by atoms with Crippen LogP contribution in [0.3, 0.4) is 0 Å². The summed E-state index contributed by atoms with van der Waals surface area (Å²) in [6.07, 6.45) is 0.927. The van der Waals surface area contributed by atoms with Crippen molar-refractivity contribution in [1.29, 1.82) is 0 Å². The SMILES string of the molecule is CC(O)C(F)CC1CCCN(C)C1. The summed E-state index contributed by atoms with van der Waals surface area (Å²) in [4.78, 5) is 2.24. The molecule has 0 saturated carbocycles. The standard InChI is InChI=1S/C10H20FNO/c1-8(13)10(11)6-9-4-3-5-12(2)7-9/h8-10,13H,3-7H2,1-2H3. The molecule has 3 atom stereocenters. The molecule has 0 radical (unpaired) electrons. The zero-order valence-corrected chi connectivity index (χ0v) is 8.54. The lowest BCUT2D eigenvalue weighted by Gasteiger charge is -2.30. The minimum atomic E-state index is -1.04. The highest BCUT2D eigenvalue weighted by atomic mass is 19.1. The van der Waals surface area contributed by atoms with E-state index in [-0.39, 0.29) is 0 Å². The minimum absolute atomic E-state index is 0.434. The molecule has 1 aliphatic rings. The maximum Gasteiger partial charge on any atom is 0.126 e. The number of aliphatic hydroxyl groups excluding tert-OH is 1. The van der Waals surface area contributed by atoms with Crippen molar-refractivity contribution in [2.45, 2.75) is 38.5 Å². The topological polar surface area (TPSA) is 23.5 Å². The van der Waals surface area contributed by atoms with Crippen LogP contribution in [0.5, 0.6) is 0 Å². The van der Waals surface area contributed by atoms with Gasteiger partial charge >= 0.3 is 0 Å². The molecule has 13 heavy (non-hydrogen) atoms. The molecule has 2 nitrogen and oxygen atoms in total. The van der Waals surface area contributed by atoms with Crippen molar-refractivity contribution >= 4 is 0 Å². The van der Waals surface area contributed by atoms with Crippen LogP contribution < -0.4 is 0 Å². The van der Waals surface area contributed by atoms with Gasteiger partial charge in [0.15, 0.2) is 0 Å². The van der Waals surface area contributed by atoms with Gasteiger partial charge in [0.1, 0.15) is 6.17 Å². The van der Waals surface area contributed by atoms with Crippen molar-refractivity contribution < 1.29 is 9.50 Å². The van der Waals surface area contributed by atoms with Gasteiger partial charge in [-0.2, -0.15) is 0 Å². The fourth-order valence-corrected chi connectivity index (χ4v) is 1.98. The molecule has 78 valence electrons. The Morgan fingerprint density at radius 1 is 1.62 bits per heavy atom. The first-order chi connectivity index (χ1) is 6.09. The van der Waals surface area contributed by atoms with E-state index < -0.39 is 12.3 Å². The lowest BCUT2D eigenvalue weighted by Crippen LogP contribution is -2.34. The summed E-state index contributed by atoms with van der Waals surface area (Å²) in [6, 6.07) is 0. The summed E-state index contributed by atoms with van der Waals surface area (Å²) in [5.41, 5.74) is 0. The molecule has 1 fully saturated rings. The second-order valence-corrected chi connectivity index (χ2v) is 4.26. The average molecular weight is 189 g/mol. The first-order valence-corrected chi connectivity index (χ1v) is 5.10. The Morgan fingerprint density at radius 3 is 2.85 bits per heavy atom. The van der Waals surface area contributed by atoms with Crippen molar-refractivity contribution in [3.8, 4) is 0 Å². The van der Waals surface area contributed by atoms with Gasteiger partial charge in [-0.3, -0.25) is 0 Å². The fourth-order valence-electron chi connectivity index (χ4n) is 1.98. The summed E-state index contributed by atoms with van der Waals surface area (Å²) >= 11 is 0. The number of halogens is 1. The number of rotatable bonds is 3. The van der Waals surface area contributed by atoms with Gasteiger partial charge in [0.05, 0.1) is 6.10 Å². The summed E-state index contributed by atoms with van der Waals surface area (Å²) in [6.45, 7) is 3.63. The molecule has 3 heteroatoms. The van der Waals surface area contributed by atoms with E-state index >= 15 is 0 Å². The Kier molecular flexibility index (Phi) is 4.13. The zero-order valence-electron chi connectivity index (χ0n) is 8.54. The van der Waals surface area contributed by atoms with E-state index in [2.05, 4.69) is 11.9 Å². The highest BCUT2D eigenvalue weighted by Gasteiger charge is 2.23. The highest BCUT2D eigenvalue weighted by molar-refractivity contribution is 4.75. The summed E-state index contributed by atoms with van der Waals surface area (Å²) in [5.74, 6) is 0.434. The Labute approximate surface area is 79.7 Å². The van der Waals surface area contributed by atoms with Crippen molar-refractivity contribution in [2.75, 3.05) is 20.1 Å². The van der Waals surface area contributed by atoms with Crippen LogP contribution in [-0.2, 0) is 0 Å². The molecule has 1 aliphatic heterocycles. The fraction of sp³-hybridized carbons (Fsp3) is 1.00. The van der Waals surface area contributed by atoms with E-state index in [1.165, 1.54) is 6.92 Å².